The Labute approximate surface area is 335 Å². The van der Waals surface area contributed by atoms with Crippen molar-refractivity contribution in [1.82, 2.24) is 19.9 Å². The molecule has 0 unspecified atom stereocenters. The van der Waals surface area contributed by atoms with Gasteiger partial charge in [0.2, 0.25) is 0 Å². The summed E-state index contributed by atoms with van der Waals surface area (Å²) in [6, 6.07) is 64.2. The van der Waals surface area contributed by atoms with Gasteiger partial charge in [0.1, 0.15) is 11.5 Å². The van der Waals surface area contributed by atoms with E-state index in [4.69, 9.17) is 24.7 Å². The number of fused-ring (bicyclic) bond motifs is 9. The molecule has 6 nitrogen and oxygen atoms in total. The molecule has 3 heterocycles. The minimum atomic E-state index is -0.720. The molecule has 1 aliphatic heterocycles. The van der Waals surface area contributed by atoms with Crippen LogP contribution in [0.2, 0.25) is 0 Å². The summed E-state index contributed by atoms with van der Waals surface area (Å²) in [6.45, 7) is 0. The number of nitriles is 1. The quantitative estimate of drug-likeness (QED) is 0.175. The van der Waals surface area contributed by atoms with E-state index in [2.05, 4.69) is 103 Å². The summed E-state index contributed by atoms with van der Waals surface area (Å²) in [5, 5.41) is 9.27. The molecule has 0 N–H and O–H groups in total. The number of ether oxygens (including phenoxy) is 1. The molecule has 9 aromatic rings. The Bertz CT molecular complexity index is 2980. The van der Waals surface area contributed by atoms with Crippen LogP contribution in [0.5, 0.6) is 11.5 Å². The van der Waals surface area contributed by atoms with Crippen LogP contribution in [0, 0.1) is 11.3 Å². The summed E-state index contributed by atoms with van der Waals surface area (Å²) in [7, 11) is 0. The summed E-state index contributed by atoms with van der Waals surface area (Å²) in [6.07, 6.45) is 1.90. The van der Waals surface area contributed by atoms with Gasteiger partial charge in [-0.05, 0) is 82.4 Å². The molecule has 0 atom stereocenters. The fourth-order valence-corrected chi connectivity index (χ4v) is 8.61. The van der Waals surface area contributed by atoms with Gasteiger partial charge in [-0.25, -0.2) is 15.0 Å². The summed E-state index contributed by atoms with van der Waals surface area (Å²) in [5.74, 6) is 3.37. The van der Waals surface area contributed by atoms with Crippen LogP contribution >= 0.6 is 0 Å². The molecule has 270 valence electrons. The summed E-state index contributed by atoms with van der Waals surface area (Å²) in [4.78, 5) is 20.1. The molecule has 1 aliphatic carbocycles. The summed E-state index contributed by atoms with van der Waals surface area (Å²) < 4.78 is 6.86. The van der Waals surface area contributed by atoms with E-state index in [1.54, 1.807) is 0 Å². The van der Waals surface area contributed by atoms with Crippen molar-refractivity contribution >= 4 is 0 Å². The van der Waals surface area contributed by atoms with Gasteiger partial charge in [-0.2, -0.15) is 5.26 Å². The lowest BCUT2D eigenvalue weighted by atomic mass is 9.65. The fourth-order valence-electron chi connectivity index (χ4n) is 8.61. The Morgan fingerprint density at radius 3 is 1.45 bits per heavy atom. The molecule has 11 rings (SSSR count). The Hall–Kier alpha value is -8.01. The van der Waals surface area contributed by atoms with Gasteiger partial charge in [-0.1, -0.05) is 127 Å². The third-order valence-electron chi connectivity index (χ3n) is 11.3. The number of hydrogen-bond acceptors (Lipinski definition) is 6. The van der Waals surface area contributed by atoms with Gasteiger partial charge in [-0.3, -0.25) is 4.98 Å². The van der Waals surface area contributed by atoms with E-state index < -0.39 is 5.41 Å². The maximum atomic E-state index is 9.27. The van der Waals surface area contributed by atoms with Gasteiger partial charge in [-0.15, -0.1) is 0 Å². The predicted molar refractivity (Wildman–Crippen MR) is 227 cm³/mol. The zero-order valence-electron chi connectivity index (χ0n) is 31.0. The smallest absolute Gasteiger partial charge is 0.164 e. The standard InChI is InChI=1S/C52H31N5O/c53-31-33-19-21-34(22-20-33)39-23-26-46(54-32-39)37-24-27-47-44(29-37)52(42-17-9-7-15-40(42)41-16-8-10-18-43(41)52)45-30-38(25-28-48(45)58-47)51-56-49(35-11-3-1-4-12-35)55-50(57-51)36-13-5-2-6-14-36/h1-30,32H. The molecule has 2 aliphatic rings. The van der Waals surface area contributed by atoms with E-state index >= 15 is 0 Å². The Morgan fingerprint density at radius 1 is 0.414 bits per heavy atom. The highest BCUT2D eigenvalue weighted by molar-refractivity contribution is 5.90. The third kappa shape index (κ3) is 5.26. The second-order valence-electron chi connectivity index (χ2n) is 14.5. The molecule has 6 heteroatoms. The van der Waals surface area contributed by atoms with Crippen molar-refractivity contribution in [2.45, 2.75) is 5.41 Å². The summed E-state index contributed by atoms with van der Waals surface area (Å²) >= 11 is 0. The first-order valence-electron chi connectivity index (χ1n) is 19.2. The minimum absolute atomic E-state index is 0.580. The van der Waals surface area contributed by atoms with Crippen LogP contribution in [0.15, 0.2) is 188 Å². The van der Waals surface area contributed by atoms with E-state index in [1.165, 1.54) is 22.3 Å². The number of aromatic nitrogens is 4. The van der Waals surface area contributed by atoms with Gasteiger partial charge in [0.25, 0.3) is 0 Å². The third-order valence-corrected chi connectivity index (χ3v) is 11.3. The maximum Gasteiger partial charge on any atom is 0.164 e. The highest BCUT2D eigenvalue weighted by Crippen LogP contribution is 2.62. The SMILES string of the molecule is N#Cc1ccc(-c2ccc(-c3ccc4c(c3)C3(c5cc(-c6nc(-c7ccccc7)nc(-c7ccccc7)n6)ccc5O4)c4ccccc4-c4ccccc43)nc2)cc1. The van der Waals surface area contributed by atoms with E-state index in [1.807, 2.05) is 91.1 Å². The number of benzene rings is 7. The first-order chi connectivity index (χ1) is 28.7. The minimum Gasteiger partial charge on any atom is -0.457 e. The van der Waals surface area contributed by atoms with E-state index in [-0.39, 0.29) is 0 Å². The molecule has 58 heavy (non-hydrogen) atoms. The van der Waals surface area contributed by atoms with Crippen molar-refractivity contribution in [2.24, 2.45) is 0 Å². The second kappa shape index (κ2) is 13.3. The van der Waals surface area contributed by atoms with Crippen molar-refractivity contribution in [3.63, 3.8) is 0 Å². The molecular weight excluding hydrogens is 711 g/mol. The van der Waals surface area contributed by atoms with Crippen LogP contribution in [0.25, 0.3) is 67.7 Å². The van der Waals surface area contributed by atoms with Crippen LogP contribution in [-0.4, -0.2) is 19.9 Å². The molecule has 0 saturated carbocycles. The monoisotopic (exact) mass is 741 g/mol. The molecule has 0 radical (unpaired) electrons. The number of rotatable bonds is 5. The van der Waals surface area contributed by atoms with Crippen LogP contribution in [0.4, 0.5) is 0 Å². The highest BCUT2D eigenvalue weighted by Gasteiger charge is 2.51. The molecule has 1 spiro atoms. The number of nitrogens with zero attached hydrogens (tertiary/aromatic N) is 5. The largest absolute Gasteiger partial charge is 0.457 e. The van der Waals surface area contributed by atoms with Crippen LogP contribution in [0.3, 0.4) is 0 Å². The molecule has 2 aromatic heterocycles. The van der Waals surface area contributed by atoms with Gasteiger partial charge in [0.05, 0.1) is 22.7 Å². The van der Waals surface area contributed by atoms with Crippen LogP contribution in [-0.2, 0) is 5.41 Å². The second-order valence-corrected chi connectivity index (χ2v) is 14.5. The number of pyridine rings is 1. The number of hydrogen-bond donors (Lipinski definition) is 0. The lowest BCUT2D eigenvalue weighted by Gasteiger charge is -2.39. The van der Waals surface area contributed by atoms with Crippen LogP contribution in [0.1, 0.15) is 27.8 Å². The lowest BCUT2D eigenvalue weighted by molar-refractivity contribution is 0.436. The van der Waals surface area contributed by atoms with Crippen molar-refractivity contribution in [1.29, 1.82) is 5.26 Å². The van der Waals surface area contributed by atoms with Gasteiger partial charge >= 0.3 is 0 Å². The zero-order valence-corrected chi connectivity index (χ0v) is 31.0. The predicted octanol–water partition coefficient (Wildman–Crippen LogP) is 11.9. The Kier molecular flexibility index (Phi) is 7.66. The first kappa shape index (κ1) is 33.3. The normalized spacial score (nSPS) is 12.7. The van der Waals surface area contributed by atoms with Gasteiger partial charge < -0.3 is 4.74 Å². The lowest BCUT2D eigenvalue weighted by Crippen LogP contribution is -2.32. The highest BCUT2D eigenvalue weighted by atomic mass is 16.5. The van der Waals surface area contributed by atoms with Gasteiger partial charge in [0, 0.05) is 45.1 Å². The first-order valence-corrected chi connectivity index (χ1v) is 19.2. The zero-order chi connectivity index (χ0) is 38.6. The fraction of sp³-hybridized carbons (Fsp3) is 0.0192. The van der Waals surface area contributed by atoms with Gasteiger partial charge in [0.15, 0.2) is 17.5 Å². The van der Waals surface area contributed by atoms with Crippen molar-refractivity contribution < 1.29 is 4.74 Å². The van der Waals surface area contributed by atoms with E-state index in [0.29, 0.717) is 23.0 Å². The summed E-state index contributed by atoms with van der Waals surface area (Å²) in [5.41, 5.74) is 13.2. The Morgan fingerprint density at radius 2 is 0.897 bits per heavy atom. The molecular formula is C52H31N5O. The van der Waals surface area contributed by atoms with Crippen molar-refractivity contribution in [2.75, 3.05) is 0 Å². The molecule has 0 bridgehead atoms. The average molecular weight is 742 g/mol. The van der Waals surface area contributed by atoms with E-state index in [9.17, 15) is 5.26 Å². The van der Waals surface area contributed by atoms with Crippen LogP contribution < -0.4 is 4.74 Å². The molecule has 7 aromatic carbocycles. The average Bonchev–Trinajstić information content (AvgIpc) is 3.60. The topological polar surface area (TPSA) is 84.6 Å². The molecule has 0 saturated heterocycles. The molecule has 0 amide bonds. The van der Waals surface area contributed by atoms with Crippen molar-refractivity contribution in [3.8, 4) is 85.2 Å². The molecule has 0 fully saturated rings. The Balaban J connectivity index is 1.11. The van der Waals surface area contributed by atoms with Crippen molar-refractivity contribution in [3.05, 3.63) is 216 Å². The maximum absolute atomic E-state index is 9.27. The van der Waals surface area contributed by atoms with E-state index in [0.717, 1.165) is 61.7 Å².